The molecule has 10 heteroatoms. The van der Waals surface area contributed by atoms with Crippen molar-refractivity contribution in [1.82, 2.24) is 20.1 Å². The van der Waals surface area contributed by atoms with Crippen LogP contribution in [0.25, 0.3) is 22.0 Å². The molecule has 2 aliphatic rings. The van der Waals surface area contributed by atoms with Gasteiger partial charge in [0.05, 0.1) is 11.6 Å². The Morgan fingerprint density at radius 3 is 2.70 bits per heavy atom. The second kappa shape index (κ2) is 9.98. The van der Waals surface area contributed by atoms with E-state index in [2.05, 4.69) is 36.6 Å². The molecular formula is C27H26N6O4. The van der Waals surface area contributed by atoms with Crippen molar-refractivity contribution < 1.29 is 14.3 Å². The summed E-state index contributed by atoms with van der Waals surface area (Å²) in [5.74, 6) is 0.952. The summed E-state index contributed by atoms with van der Waals surface area (Å²) >= 11 is 0. The van der Waals surface area contributed by atoms with E-state index in [1.807, 2.05) is 30.6 Å². The number of nitrogens with zero attached hydrogens (tertiary/aromatic N) is 4. The van der Waals surface area contributed by atoms with E-state index in [0.29, 0.717) is 36.1 Å². The molecule has 10 nitrogen and oxygen atoms in total. The van der Waals surface area contributed by atoms with Crippen LogP contribution in [0, 0.1) is 4.91 Å². The number of carbonyl (C=O) groups excluding carboxylic acids is 1. The Kier molecular flexibility index (Phi) is 6.23. The summed E-state index contributed by atoms with van der Waals surface area (Å²) in [6, 6.07) is 13.2. The molecule has 1 saturated heterocycles. The maximum atomic E-state index is 13.1. The normalized spacial score (nSPS) is 16.0. The number of fused-ring (bicyclic) bond motifs is 2. The molecule has 4 heterocycles. The SMILES string of the molecule is O=NC1CCN(Cc2cncc(-c3ccc4[nH]nc(C(=O)Nc5ccc6c(c5)OCCO6)c4c3)c2)CC1. The standard InChI is InChI=1S/C27H26N6O4/c34-27(29-21-2-4-24-25(13-21)37-10-9-36-24)26-22-12-18(1-3-23(22)30-31-26)19-11-17(14-28-15-19)16-33-7-5-20(32-35)6-8-33/h1-4,11-15,20H,5-10,16H2,(H,29,34)(H,30,31). The Bertz CT molecular complexity index is 1460. The van der Waals surface area contributed by atoms with Crippen LogP contribution in [0.4, 0.5) is 5.69 Å². The minimum atomic E-state index is -0.319. The lowest BCUT2D eigenvalue weighted by molar-refractivity contribution is 0.102. The second-order valence-corrected chi connectivity index (χ2v) is 9.34. The number of pyridine rings is 1. The molecule has 0 saturated carbocycles. The quantitative estimate of drug-likeness (QED) is 0.378. The number of aromatic nitrogens is 3. The Morgan fingerprint density at radius 1 is 1.03 bits per heavy atom. The summed E-state index contributed by atoms with van der Waals surface area (Å²) in [6.07, 6.45) is 5.29. The van der Waals surface area contributed by atoms with Crippen LogP contribution in [-0.2, 0) is 6.54 Å². The van der Waals surface area contributed by atoms with E-state index in [-0.39, 0.29) is 11.9 Å². The van der Waals surface area contributed by atoms with Crippen LogP contribution in [0.5, 0.6) is 11.5 Å². The number of aromatic amines is 1. The highest BCUT2D eigenvalue weighted by Crippen LogP contribution is 2.33. The van der Waals surface area contributed by atoms with Crippen molar-refractivity contribution in [2.24, 2.45) is 5.18 Å². The van der Waals surface area contributed by atoms with Gasteiger partial charge in [-0.15, -0.1) is 0 Å². The molecule has 0 spiro atoms. The van der Waals surface area contributed by atoms with Gasteiger partial charge in [0.2, 0.25) is 0 Å². The number of amides is 1. The predicted octanol–water partition coefficient (Wildman–Crippen LogP) is 4.38. The number of ether oxygens (including phenoxy) is 2. The largest absolute Gasteiger partial charge is 0.486 e. The Hall–Kier alpha value is -4.31. The molecule has 2 N–H and O–H groups in total. The molecule has 0 atom stereocenters. The minimum absolute atomic E-state index is 0.0663. The van der Waals surface area contributed by atoms with Crippen molar-refractivity contribution in [1.29, 1.82) is 0 Å². The molecular weight excluding hydrogens is 472 g/mol. The molecule has 4 aromatic rings. The molecule has 0 radical (unpaired) electrons. The number of carbonyl (C=O) groups is 1. The van der Waals surface area contributed by atoms with Gasteiger partial charge in [-0.3, -0.25) is 19.8 Å². The zero-order valence-corrected chi connectivity index (χ0v) is 20.1. The van der Waals surface area contributed by atoms with Gasteiger partial charge in [0.1, 0.15) is 13.2 Å². The van der Waals surface area contributed by atoms with E-state index >= 15 is 0 Å². The van der Waals surface area contributed by atoms with Crippen molar-refractivity contribution in [3.05, 3.63) is 71.0 Å². The minimum Gasteiger partial charge on any atom is -0.486 e. The molecule has 1 amide bonds. The van der Waals surface area contributed by atoms with Gasteiger partial charge < -0.3 is 14.8 Å². The molecule has 188 valence electrons. The molecule has 0 bridgehead atoms. The number of rotatable bonds is 6. The average Bonchev–Trinajstić information content (AvgIpc) is 3.37. The number of anilines is 1. The number of likely N-dealkylation sites (tertiary alicyclic amines) is 1. The van der Waals surface area contributed by atoms with Gasteiger partial charge in [-0.2, -0.15) is 10.0 Å². The lowest BCUT2D eigenvalue weighted by atomic mass is 10.0. The third-order valence-electron chi connectivity index (χ3n) is 6.82. The molecule has 2 aliphatic heterocycles. The van der Waals surface area contributed by atoms with Crippen LogP contribution in [0.1, 0.15) is 28.9 Å². The smallest absolute Gasteiger partial charge is 0.276 e. The van der Waals surface area contributed by atoms with Gasteiger partial charge >= 0.3 is 0 Å². The molecule has 0 aliphatic carbocycles. The number of nitroso groups, excluding NO2 is 1. The van der Waals surface area contributed by atoms with Crippen molar-refractivity contribution >= 4 is 22.5 Å². The molecule has 2 aromatic heterocycles. The van der Waals surface area contributed by atoms with Crippen LogP contribution in [-0.4, -0.2) is 58.3 Å². The number of benzene rings is 2. The molecule has 1 fully saturated rings. The maximum absolute atomic E-state index is 13.1. The van der Waals surface area contributed by atoms with E-state index in [1.165, 1.54) is 0 Å². The summed E-state index contributed by atoms with van der Waals surface area (Å²) in [5, 5.41) is 14.0. The summed E-state index contributed by atoms with van der Waals surface area (Å²) in [7, 11) is 0. The highest BCUT2D eigenvalue weighted by Gasteiger charge is 2.20. The van der Waals surface area contributed by atoms with E-state index < -0.39 is 0 Å². The Balaban J connectivity index is 1.21. The van der Waals surface area contributed by atoms with Crippen molar-refractivity contribution in [2.75, 3.05) is 31.6 Å². The first-order chi connectivity index (χ1) is 18.2. The number of H-pyrrole nitrogens is 1. The topological polar surface area (TPSA) is 122 Å². The highest BCUT2D eigenvalue weighted by atomic mass is 16.6. The number of hydrogen-bond donors (Lipinski definition) is 2. The van der Waals surface area contributed by atoms with Gasteiger partial charge in [0, 0.05) is 54.7 Å². The summed E-state index contributed by atoms with van der Waals surface area (Å²) in [4.78, 5) is 30.7. The second-order valence-electron chi connectivity index (χ2n) is 9.34. The zero-order chi connectivity index (χ0) is 25.2. The maximum Gasteiger partial charge on any atom is 0.276 e. The number of hydrogen-bond acceptors (Lipinski definition) is 8. The van der Waals surface area contributed by atoms with E-state index in [4.69, 9.17) is 9.47 Å². The van der Waals surface area contributed by atoms with Crippen molar-refractivity contribution in [3.8, 4) is 22.6 Å². The monoisotopic (exact) mass is 498 g/mol. The third kappa shape index (κ3) is 4.88. The van der Waals surface area contributed by atoms with Crippen molar-refractivity contribution in [2.45, 2.75) is 25.4 Å². The summed E-state index contributed by atoms with van der Waals surface area (Å²) < 4.78 is 11.2. The van der Waals surface area contributed by atoms with E-state index in [1.54, 1.807) is 18.2 Å². The van der Waals surface area contributed by atoms with Crippen LogP contribution >= 0.6 is 0 Å². The van der Waals surface area contributed by atoms with Gasteiger partial charge in [0.15, 0.2) is 17.2 Å². The third-order valence-corrected chi connectivity index (χ3v) is 6.82. The molecule has 6 rings (SSSR count). The lowest BCUT2D eigenvalue weighted by Gasteiger charge is -2.28. The first-order valence-electron chi connectivity index (χ1n) is 12.3. The van der Waals surface area contributed by atoms with Crippen LogP contribution in [0.2, 0.25) is 0 Å². The predicted molar refractivity (Wildman–Crippen MR) is 139 cm³/mol. The van der Waals surface area contributed by atoms with Gasteiger partial charge in [-0.05, 0) is 54.3 Å². The summed E-state index contributed by atoms with van der Waals surface area (Å²) in [5.41, 5.74) is 4.68. The van der Waals surface area contributed by atoms with Gasteiger partial charge in [-0.1, -0.05) is 11.2 Å². The number of nitrogens with one attached hydrogen (secondary N) is 2. The zero-order valence-electron chi connectivity index (χ0n) is 20.1. The van der Waals surface area contributed by atoms with Gasteiger partial charge in [-0.25, -0.2) is 0 Å². The Labute approximate surface area is 213 Å². The Morgan fingerprint density at radius 2 is 1.86 bits per heavy atom. The van der Waals surface area contributed by atoms with Gasteiger partial charge in [0.25, 0.3) is 5.91 Å². The first kappa shape index (κ1) is 23.1. The van der Waals surface area contributed by atoms with E-state index in [9.17, 15) is 9.70 Å². The fourth-order valence-corrected chi connectivity index (χ4v) is 4.85. The number of piperidine rings is 1. The first-order valence-corrected chi connectivity index (χ1v) is 12.3. The fourth-order valence-electron chi connectivity index (χ4n) is 4.85. The van der Waals surface area contributed by atoms with Crippen LogP contribution in [0.3, 0.4) is 0 Å². The fraction of sp³-hybridized carbons (Fsp3) is 0.296. The van der Waals surface area contributed by atoms with Crippen molar-refractivity contribution in [3.63, 3.8) is 0 Å². The molecule has 2 aromatic carbocycles. The summed E-state index contributed by atoms with van der Waals surface area (Å²) in [6.45, 7) is 3.45. The molecule has 0 unspecified atom stereocenters. The molecule has 37 heavy (non-hydrogen) atoms. The van der Waals surface area contributed by atoms with Crippen LogP contribution < -0.4 is 14.8 Å². The highest BCUT2D eigenvalue weighted by molar-refractivity contribution is 6.11. The van der Waals surface area contributed by atoms with Crippen LogP contribution in [0.15, 0.2) is 60.0 Å². The lowest BCUT2D eigenvalue weighted by Crippen LogP contribution is -2.34. The average molecular weight is 499 g/mol. The van der Waals surface area contributed by atoms with E-state index in [0.717, 1.165) is 60.1 Å².